The van der Waals surface area contributed by atoms with Crippen LogP contribution in [0.5, 0.6) is 0 Å². The lowest BCUT2D eigenvalue weighted by atomic mass is 10.3. The number of ether oxygens (including phenoxy) is 1. The lowest BCUT2D eigenvalue weighted by molar-refractivity contribution is 0.199. The maximum atomic E-state index is 5.69. The number of rotatable bonds is 2. The van der Waals surface area contributed by atoms with Crippen LogP contribution in [-0.4, -0.2) is 23.4 Å². The van der Waals surface area contributed by atoms with Gasteiger partial charge in [0.2, 0.25) is 0 Å². The Balaban J connectivity index is 1.86. The Kier molecular flexibility index (Phi) is 2.49. The summed E-state index contributed by atoms with van der Waals surface area (Å²) in [6, 6.07) is 5.50. The quantitative estimate of drug-likeness (QED) is 0.811. The summed E-state index contributed by atoms with van der Waals surface area (Å²) >= 11 is 1.64. The molecule has 0 amide bonds. The number of oxazole rings is 1. The highest BCUT2D eigenvalue weighted by molar-refractivity contribution is 7.99. The molecular weight excluding hydrogens is 224 g/mol. The van der Waals surface area contributed by atoms with Crippen molar-refractivity contribution < 1.29 is 9.15 Å². The van der Waals surface area contributed by atoms with Crippen molar-refractivity contribution in [1.29, 1.82) is 0 Å². The van der Waals surface area contributed by atoms with Crippen LogP contribution in [0, 0.1) is 0 Å². The number of nitrogens with zero attached hydrogens (tertiary/aromatic N) is 1. The zero-order valence-electron chi connectivity index (χ0n) is 8.68. The molecule has 5 heteroatoms. The summed E-state index contributed by atoms with van der Waals surface area (Å²) in [5.74, 6) is 0. The zero-order valence-corrected chi connectivity index (χ0v) is 9.50. The van der Waals surface area contributed by atoms with Gasteiger partial charge in [-0.2, -0.15) is 0 Å². The fourth-order valence-electron chi connectivity index (χ4n) is 1.72. The van der Waals surface area contributed by atoms with Crippen LogP contribution >= 0.6 is 11.8 Å². The monoisotopic (exact) mass is 236 g/mol. The summed E-state index contributed by atoms with van der Waals surface area (Å²) in [6.45, 7) is 1.62. The van der Waals surface area contributed by atoms with E-state index in [-0.39, 0.29) is 0 Å². The summed E-state index contributed by atoms with van der Waals surface area (Å²) < 4.78 is 10.9. The molecule has 2 N–H and O–H groups in total. The first-order valence-electron chi connectivity index (χ1n) is 5.22. The number of benzene rings is 1. The van der Waals surface area contributed by atoms with Crippen molar-refractivity contribution in [2.45, 2.75) is 16.9 Å². The Morgan fingerprint density at radius 1 is 1.44 bits per heavy atom. The van der Waals surface area contributed by atoms with Gasteiger partial charge >= 0.3 is 0 Å². The van der Waals surface area contributed by atoms with E-state index in [1.807, 2.05) is 18.2 Å². The number of nitrogen functional groups attached to an aromatic ring is 1. The fourth-order valence-corrected chi connectivity index (χ4v) is 2.67. The molecule has 1 saturated heterocycles. The van der Waals surface area contributed by atoms with Gasteiger partial charge in [0, 0.05) is 17.5 Å². The van der Waals surface area contributed by atoms with Gasteiger partial charge in [-0.3, -0.25) is 0 Å². The second-order valence-electron chi connectivity index (χ2n) is 3.81. The molecule has 0 radical (unpaired) electrons. The SMILES string of the molecule is Nc1ccc2oc(SC3CCOC3)nc2c1. The number of hydrogen-bond acceptors (Lipinski definition) is 5. The van der Waals surface area contributed by atoms with Crippen molar-refractivity contribution in [2.75, 3.05) is 18.9 Å². The Hall–Kier alpha value is -1.20. The van der Waals surface area contributed by atoms with Crippen LogP contribution in [0.15, 0.2) is 27.8 Å². The minimum atomic E-state index is 0.463. The van der Waals surface area contributed by atoms with Crippen LogP contribution in [0.4, 0.5) is 5.69 Å². The van der Waals surface area contributed by atoms with Crippen molar-refractivity contribution in [3.05, 3.63) is 18.2 Å². The standard InChI is InChI=1S/C11H12N2O2S/c12-7-1-2-10-9(5-7)13-11(15-10)16-8-3-4-14-6-8/h1-2,5,8H,3-4,6,12H2. The Labute approximate surface area is 97.2 Å². The Morgan fingerprint density at radius 2 is 2.38 bits per heavy atom. The molecule has 1 atom stereocenters. The zero-order chi connectivity index (χ0) is 11.0. The summed E-state index contributed by atoms with van der Waals surface area (Å²) in [6.07, 6.45) is 1.06. The van der Waals surface area contributed by atoms with E-state index in [2.05, 4.69) is 4.98 Å². The predicted octanol–water partition coefficient (Wildman–Crippen LogP) is 2.29. The average Bonchev–Trinajstić information content (AvgIpc) is 2.86. The molecule has 0 bridgehead atoms. The van der Waals surface area contributed by atoms with Crippen LogP contribution in [0.3, 0.4) is 0 Å². The molecule has 1 aliphatic heterocycles. The van der Waals surface area contributed by atoms with Crippen LogP contribution < -0.4 is 5.73 Å². The molecule has 0 aliphatic carbocycles. The first kappa shape index (κ1) is 9.99. The van der Waals surface area contributed by atoms with Crippen LogP contribution in [0.2, 0.25) is 0 Å². The van der Waals surface area contributed by atoms with Crippen molar-refractivity contribution in [1.82, 2.24) is 4.98 Å². The molecular formula is C11H12N2O2S. The highest BCUT2D eigenvalue weighted by Gasteiger charge is 2.19. The van der Waals surface area contributed by atoms with Gasteiger partial charge in [-0.25, -0.2) is 4.98 Å². The second-order valence-corrected chi connectivity index (χ2v) is 5.06. The van der Waals surface area contributed by atoms with Gasteiger partial charge in [0.25, 0.3) is 5.22 Å². The minimum absolute atomic E-state index is 0.463. The summed E-state index contributed by atoms with van der Waals surface area (Å²) in [5.41, 5.74) is 8.01. The molecule has 3 rings (SSSR count). The van der Waals surface area contributed by atoms with E-state index in [1.54, 1.807) is 11.8 Å². The summed E-state index contributed by atoms with van der Waals surface area (Å²) in [7, 11) is 0. The van der Waals surface area contributed by atoms with E-state index in [1.165, 1.54) is 0 Å². The molecule has 84 valence electrons. The van der Waals surface area contributed by atoms with Crippen LogP contribution in [-0.2, 0) is 4.74 Å². The third kappa shape index (κ3) is 1.88. The van der Waals surface area contributed by atoms with Gasteiger partial charge in [-0.15, -0.1) is 0 Å². The average molecular weight is 236 g/mol. The van der Waals surface area contributed by atoms with E-state index < -0.39 is 0 Å². The van der Waals surface area contributed by atoms with Crippen molar-refractivity contribution in [3.8, 4) is 0 Å². The van der Waals surface area contributed by atoms with Crippen molar-refractivity contribution in [3.63, 3.8) is 0 Å². The normalized spacial score (nSPS) is 20.6. The summed E-state index contributed by atoms with van der Waals surface area (Å²) in [5, 5.41) is 1.17. The van der Waals surface area contributed by atoms with E-state index in [9.17, 15) is 0 Å². The molecule has 2 heterocycles. The second kappa shape index (κ2) is 3.99. The van der Waals surface area contributed by atoms with Gasteiger partial charge in [0.05, 0.1) is 6.61 Å². The maximum Gasteiger partial charge on any atom is 0.257 e. The molecule has 1 unspecified atom stereocenters. The fraction of sp³-hybridized carbons (Fsp3) is 0.364. The third-order valence-corrected chi connectivity index (χ3v) is 3.63. The molecule has 0 saturated carbocycles. The lowest BCUT2D eigenvalue weighted by Gasteiger charge is -2.00. The molecule has 16 heavy (non-hydrogen) atoms. The molecule has 4 nitrogen and oxygen atoms in total. The number of nitrogens with two attached hydrogens (primary N) is 1. The smallest absolute Gasteiger partial charge is 0.257 e. The molecule has 1 aliphatic rings. The van der Waals surface area contributed by atoms with Crippen LogP contribution in [0.25, 0.3) is 11.1 Å². The van der Waals surface area contributed by atoms with E-state index in [0.717, 1.165) is 30.7 Å². The van der Waals surface area contributed by atoms with E-state index >= 15 is 0 Å². The van der Waals surface area contributed by atoms with Gasteiger partial charge in [-0.1, -0.05) is 11.8 Å². The van der Waals surface area contributed by atoms with Gasteiger partial charge in [-0.05, 0) is 24.6 Å². The highest BCUT2D eigenvalue weighted by Crippen LogP contribution is 2.30. The topological polar surface area (TPSA) is 61.3 Å². The third-order valence-electron chi connectivity index (χ3n) is 2.55. The van der Waals surface area contributed by atoms with Gasteiger partial charge < -0.3 is 14.9 Å². The largest absolute Gasteiger partial charge is 0.431 e. The van der Waals surface area contributed by atoms with E-state index in [4.69, 9.17) is 14.9 Å². The number of thioether (sulfide) groups is 1. The first-order valence-corrected chi connectivity index (χ1v) is 6.10. The number of hydrogen-bond donors (Lipinski definition) is 1. The summed E-state index contributed by atoms with van der Waals surface area (Å²) in [4.78, 5) is 4.40. The predicted molar refractivity (Wildman–Crippen MR) is 63.5 cm³/mol. The van der Waals surface area contributed by atoms with Gasteiger partial charge in [0.1, 0.15) is 5.52 Å². The Morgan fingerprint density at radius 3 is 3.19 bits per heavy atom. The lowest BCUT2D eigenvalue weighted by Crippen LogP contribution is -1.99. The highest BCUT2D eigenvalue weighted by atomic mass is 32.2. The first-order chi connectivity index (χ1) is 7.81. The molecule has 1 aromatic heterocycles. The number of anilines is 1. The molecule has 1 fully saturated rings. The Bertz CT molecular complexity index is 506. The van der Waals surface area contributed by atoms with Crippen molar-refractivity contribution >= 4 is 28.5 Å². The van der Waals surface area contributed by atoms with E-state index in [0.29, 0.717) is 16.2 Å². The maximum absolute atomic E-state index is 5.69. The number of fused-ring (bicyclic) bond motifs is 1. The minimum Gasteiger partial charge on any atom is -0.431 e. The van der Waals surface area contributed by atoms with Crippen molar-refractivity contribution in [2.24, 2.45) is 0 Å². The molecule has 1 aromatic carbocycles. The number of aromatic nitrogens is 1. The molecule has 0 spiro atoms. The molecule has 2 aromatic rings. The van der Waals surface area contributed by atoms with Gasteiger partial charge in [0.15, 0.2) is 5.58 Å². The van der Waals surface area contributed by atoms with Crippen LogP contribution in [0.1, 0.15) is 6.42 Å².